The molecular weight excluding hydrogens is 408 g/mol. The number of anilines is 2. The maximum atomic E-state index is 11.5. The Balaban J connectivity index is 1.33. The number of guanidine groups is 1. The minimum absolute atomic E-state index is 0.485. The van der Waals surface area contributed by atoms with Crippen molar-refractivity contribution >= 4 is 28.6 Å². The number of fused-ring (bicyclic) bond motifs is 1. The first-order chi connectivity index (χ1) is 15.4. The fourth-order valence-electron chi connectivity index (χ4n) is 3.96. The summed E-state index contributed by atoms with van der Waals surface area (Å²) in [4.78, 5) is 27.8. The molecule has 1 fully saturated rings. The molecule has 5 N–H and O–H groups in total. The maximum Gasteiger partial charge on any atom is 0.417 e. The summed E-state index contributed by atoms with van der Waals surface area (Å²) >= 11 is 0. The largest absolute Gasteiger partial charge is 0.417 e. The molecule has 3 aromatic rings. The molecule has 0 bridgehead atoms. The van der Waals surface area contributed by atoms with E-state index in [0.717, 1.165) is 48.8 Å². The van der Waals surface area contributed by atoms with E-state index in [1.54, 1.807) is 24.5 Å². The van der Waals surface area contributed by atoms with Crippen molar-refractivity contribution in [2.45, 2.75) is 12.6 Å². The van der Waals surface area contributed by atoms with Crippen molar-refractivity contribution < 1.29 is 4.42 Å². The van der Waals surface area contributed by atoms with Crippen molar-refractivity contribution in [1.82, 2.24) is 20.2 Å². The van der Waals surface area contributed by atoms with E-state index >= 15 is 0 Å². The number of aromatic nitrogens is 2. The number of aliphatic imine (C=N–C) groups is 1. The van der Waals surface area contributed by atoms with Crippen molar-refractivity contribution in [3.63, 3.8) is 0 Å². The highest BCUT2D eigenvalue weighted by Gasteiger charge is 2.33. The number of piperazine rings is 1. The minimum atomic E-state index is -1.00. The maximum absolute atomic E-state index is 11.5. The highest BCUT2D eigenvalue weighted by Crippen LogP contribution is 2.28. The van der Waals surface area contributed by atoms with Crippen LogP contribution in [0.3, 0.4) is 0 Å². The predicted molar refractivity (Wildman–Crippen MR) is 125 cm³/mol. The summed E-state index contributed by atoms with van der Waals surface area (Å²) in [6.45, 7) is 5.91. The van der Waals surface area contributed by atoms with Crippen LogP contribution in [0.25, 0.3) is 11.1 Å². The molecule has 1 aromatic carbocycles. The first-order valence-corrected chi connectivity index (χ1v) is 10.5. The standard InChI is InChI=1S/C22H26N8O2/c1-14-12-25-20(26-16-4-6-19(24-13-16)30-9-7-29(2)8-10-30)28-22(14,23)15-3-5-18-17(11-15)27-21(31)32-18/h3-6,11-13H,7-10,23H2,1-2H3,(H,27,31)(H2,25,26,28). The smallest absolute Gasteiger partial charge is 0.408 e. The number of H-pyrrole nitrogens is 1. The summed E-state index contributed by atoms with van der Waals surface area (Å²) in [5.74, 6) is 0.977. The monoisotopic (exact) mass is 434 g/mol. The van der Waals surface area contributed by atoms with Gasteiger partial charge in [-0.05, 0) is 49.4 Å². The molecule has 1 atom stereocenters. The average molecular weight is 435 g/mol. The Kier molecular flexibility index (Phi) is 4.95. The molecule has 1 unspecified atom stereocenters. The zero-order valence-corrected chi connectivity index (χ0v) is 18.1. The first kappa shape index (κ1) is 20.3. The van der Waals surface area contributed by atoms with Crippen molar-refractivity contribution in [3.8, 4) is 0 Å². The molecule has 2 aromatic heterocycles. The van der Waals surface area contributed by atoms with Crippen molar-refractivity contribution in [2.24, 2.45) is 10.7 Å². The Morgan fingerprint density at radius 3 is 2.75 bits per heavy atom. The molecule has 0 saturated carbocycles. The molecule has 10 heteroatoms. The van der Waals surface area contributed by atoms with E-state index in [1.807, 2.05) is 25.1 Å². The highest BCUT2D eigenvalue weighted by atomic mass is 16.4. The summed E-state index contributed by atoms with van der Waals surface area (Å²) in [6, 6.07) is 9.36. The summed E-state index contributed by atoms with van der Waals surface area (Å²) in [5, 5.41) is 6.53. The number of benzene rings is 1. The van der Waals surface area contributed by atoms with Gasteiger partial charge in [-0.3, -0.25) is 4.98 Å². The summed E-state index contributed by atoms with van der Waals surface area (Å²) in [5.41, 5.74) is 9.23. The van der Waals surface area contributed by atoms with Gasteiger partial charge in [0, 0.05) is 32.4 Å². The van der Waals surface area contributed by atoms with Gasteiger partial charge in [-0.15, -0.1) is 0 Å². The lowest BCUT2D eigenvalue weighted by Gasteiger charge is -2.35. The van der Waals surface area contributed by atoms with Crippen LogP contribution in [-0.4, -0.2) is 54.1 Å². The average Bonchev–Trinajstić information content (AvgIpc) is 3.17. The van der Waals surface area contributed by atoms with Gasteiger partial charge >= 0.3 is 5.76 Å². The molecule has 2 aliphatic heterocycles. The predicted octanol–water partition coefficient (Wildman–Crippen LogP) is 1.35. The molecule has 166 valence electrons. The van der Waals surface area contributed by atoms with E-state index in [4.69, 9.17) is 10.2 Å². The van der Waals surface area contributed by atoms with Crippen molar-refractivity contribution in [1.29, 1.82) is 0 Å². The highest BCUT2D eigenvalue weighted by molar-refractivity contribution is 5.95. The van der Waals surface area contributed by atoms with E-state index in [-0.39, 0.29) is 0 Å². The summed E-state index contributed by atoms with van der Waals surface area (Å²) in [7, 11) is 2.13. The van der Waals surface area contributed by atoms with E-state index in [1.165, 1.54) is 0 Å². The topological polar surface area (TPSA) is 128 Å². The lowest BCUT2D eigenvalue weighted by molar-refractivity contribution is 0.312. The zero-order valence-electron chi connectivity index (χ0n) is 18.1. The molecular formula is C22H26N8O2. The van der Waals surface area contributed by atoms with Gasteiger partial charge in [0.05, 0.1) is 17.4 Å². The second kappa shape index (κ2) is 7.81. The number of nitrogens with two attached hydrogens (primary N) is 1. The molecule has 0 aliphatic carbocycles. The number of nitrogens with one attached hydrogen (secondary N) is 3. The lowest BCUT2D eigenvalue weighted by Crippen LogP contribution is -2.57. The van der Waals surface area contributed by atoms with Crippen LogP contribution >= 0.6 is 0 Å². The van der Waals surface area contributed by atoms with Gasteiger partial charge < -0.3 is 30.6 Å². The Morgan fingerprint density at radius 2 is 2.00 bits per heavy atom. The Morgan fingerprint density at radius 1 is 1.19 bits per heavy atom. The Bertz CT molecular complexity index is 1250. The number of likely N-dealkylation sites (N-methyl/N-ethyl adjacent to an activating group) is 1. The van der Waals surface area contributed by atoms with Crippen LogP contribution in [0.2, 0.25) is 0 Å². The van der Waals surface area contributed by atoms with Gasteiger partial charge in [-0.1, -0.05) is 6.07 Å². The van der Waals surface area contributed by atoms with Crippen LogP contribution in [0.5, 0.6) is 0 Å². The molecule has 1 saturated heterocycles. The molecule has 0 spiro atoms. The van der Waals surface area contributed by atoms with Gasteiger partial charge in [0.15, 0.2) is 5.58 Å². The molecule has 2 aliphatic rings. The number of oxazole rings is 1. The third-order valence-corrected chi connectivity index (χ3v) is 6.04. The minimum Gasteiger partial charge on any atom is -0.408 e. The Labute approximate surface area is 184 Å². The normalized spacial score (nSPS) is 21.8. The fraction of sp³-hybridized carbons (Fsp3) is 0.318. The van der Waals surface area contributed by atoms with Crippen LogP contribution in [0, 0.1) is 0 Å². The van der Waals surface area contributed by atoms with Crippen LogP contribution in [0.4, 0.5) is 11.5 Å². The molecule has 10 nitrogen and oxygen atoms in total. The number of pyridine rings is 1. The van der Waals surface area contributed by atoms with Crippen molar-refractivity contribution in [3.05, 3.63) is 64.4 Å². The number of nitrogens with zero attached hydrogens (tertiary/aromatic N) is 4. The third kappa shape index (κ3) is 3.74. The first-order valence-electron chi connectivity index (χ1n) is 10.5. The van der Waals surface area contributed by atoms with E-state index in [2.05, 4.69) is 42.4 Å². The second-order valence-corrected chi connectivity index (χ2v) is 8.27. The zero-order chi connectivity index (χ0) is 22.3. The van der Waals surface area contributed by atoms with E-state index < -0.39 is 11.4 Å². The van der Waals surface area contributed by atoms with E-state index in [0.29, 0.717) is 17.1 Å². The molecule has 5 rings (SSSR count). The summed E-state index contributed by atoms with van der Waals surface area (Å²) < 4.78 is 5.09. The lowest BCUT2D eigenvalue weighted by atomic mass is 9.92. The fourth-order valence-corrected chi connectivity index (χ4v) is 3.96. The van der Waals surface area contributed by atoms with Gasteiger partial charge in [-0.25, -0.2) is 14.8 Å². The van der Waals surface area contributed by atoms with Gasteiger partial charge in [0.1, 0.15) is 11.5 Å². The third-order valence-electron chi connectivity index (χ3n) is 6.04. The molecule has 0 amide bonds. The molecule has 4 heterocycles. The quantitative estimate of drug-likeness (QED) is 0.487. The van der Waals surface area contributed by atoms with Crippen LogP contribution < -0.4 is 27.0 Å². The van der Waals surface area contributed by atoms with E-state index in [9.17, 15) is 4.79 Å². The second-order valence-electron chi connectivity index (χ2n) is 8.27. The van der Waals surface area contributed by atoms with Crippen LogP contribution in [0.1, 0.15) is 12.5 Å². The van der Waals surface area contributed by atoms with Gasteiger partial charge in [-0.2, -0.15) is 0 Å². The van der Waals surface area contributed by atoms with Gasteiger partial charge in [0.2, 0.25) is 5.96 Å². The number of aromatic amines is 1. The van der Waals surface area contributed by atoms with Gasteiger partial charge in [0.25, 0.3) is 0 Å². The Hall–Kier alpha value is -3.63. The molecule has 0 radical (unpaired) electrons. The van der Waals surface area contributed by atoms with Crippen LogP contribution in [0.15, 0.2) is 62.5 Å². The number of hydrogen-bond acceptors (Lipinski definition) is 9. The SMILES string of the molecule is CC1=CN=C(Nc2ccc(N3CCN(C)CC3)nc2)NC1(N)c1ccc2oc(=O)[nH]c2c1. The summed E-state index contributed by atoms with van der Waals surface area (Å²) in [6.07, 6.45) is 3.52. The van der Waals surface area contributed by atoms with Crippen molar-refractivity contribution in [2.75, 3.05) is 43.4 Å². The molecule has 32 heavy (non-hydrogen) atoms. The number of hydrogen-bond donors (Lipinski definition) is 4. The van der Waals surface area contributed by atoms with Crippen LogP contribution in [-0.2, 0) is 5.66 Å². The number of rotatable bonds is 3.